The molecule has 3 nitrogen and oxygen atoms in total. The predicted molar refractivity (Wildman–Crippen MR) is 53.7 cm³/mol. The molecule has 0 unspecified atom stereocenters. The molecular weight excluding hydrogens is 178 g/mol. The van der Waals surface area contributed by atoms with Gasteiger partial charge in [-0.05, 0) is 18.1 Å². The van der Waals surface area contributed by atoms with Gasteiger partial charge in [-0.2, -0.15) is 0 Å². The van der Waals surface area contributed by atoms with Crippen molar-refractivity contribution in [3.05, 3.63) is 29.8 Å². The number of para-hydroxylation sites is 1. The van der Waals surface area contributed by atoms with E-state index in [0.29, 0.717) is 12.5 Å². The monoisotopic (exact) mass is 192 g/mol. The first-order valence-corrected chi connectivity index (χ1v) is 4.65. The summed E-state index contributed by atoms with van der Waals surface area (Å²) in [5, 5.41) is 13.9. The Hall–Kier alpha value is -1.51. The third-order valence-electron chi connectivity index (χ3n) is 1.80. The second kappa shape index (κ2) is 4.65. The van der Waals surface area contributed by atoms with Crippen LogP contribution in [0.3, 0.4) is 0 Å². The van der Waals surface area contributed by atoms with E-state index in [1.165, 1.54) is 12.1 Å². The van der Waals surface area contributed by atoms with Crippen LogP contribution in [0.4, 0.5) is 0 Å². The van der Waals surface area contributed by atoms with Gasteiger partial charge in [0.25, 0.3) is 5.91 Å². The molecule has 1 aromatic carbocycles. The van der Waals surface area contributed by atoms with Crippen LogP contribution in [-0.2, 0) is 5.11 Å². The van der Waals surface area contributed by atoms with Crippen molar-refractivity contribution in [2.24, 2.45) is 5.92 Å². The summed E-state index contributed by atoms with van der Waals surface area (Å²) in [6.07, 6.45) is 0. The highest BCUT2D eigenvalue weighted by Crippen LogP contribution is 2.15. The smallest absolute Gasteiger partial charge is 0.255 e. The molecule has 0 aliphatic rings. The molecule has 0 fully saturated rings. The summed E-state index contributed by atoms with van der Waals surface area (Å²) in [6, 6.07) is 6.25. The van der Waals surface area contributed by atoms with Crippen molar-refractivity contribution in [1.82, 2.24) is 5.32 Å². The van der Waals surface area contributed by atoms with Gasteiger partial charge < -0.3 is 5.32 Å². The van der Waals surface area contributed by atoms with Crippen LogP contribution < -0.4 is 5.32 Å². The summed E-state index contributed by atoms with van der Waals surface area (Å²) in [6.45, 7) is 4.60. The maximum atomic E-state index is 11.5. The van der Waals surface area contributed by atoms with Crippen LogP contribution in [0.1, 0.15) is 24.2 Å². The minimum Gasteiger partial charge on any atom is -0.352 e. The van der Waals surface area contributed by atoms with Crippen LogP contribution in [0.25, 0.3) is 0 Å². The Morgan fingerprint density at radius 1 is 1.36 bits per heavy atom. The van der Waals surface area contributed by atoms with Gasteiger partial charge in [0.15, 0.2) is 5.75 Å². The normalized spacial score (nSPS) is 10.2. The summed E-state index contributed by atoms with van der Waals surface area (Å²) in [5.41, 5.74) is 0.216. The van der Waals surface area contributed by atoms with Crippen LogP contribution in [0.5, 0.6) is 5.75 Å². The Labute approximate surface area is 83.8 Å². The molecule has 0 aromatic heterocycles. The standard InChI is InChI=1S/C11H14NO2/c1-8(2)7-12-11(14)9-5-3-4-6-10(9)13/h3-6,8H,7H2,1-2H3,(H,12,14). The molecule has 1 aromatic rings. The summed E-state index contributed by atoms with van der Waals surface area (Å²) < 4.78 is 0. The first kappa shape index (κ1) is 10.6. The van der Waals surface area contributed by atoms with E-state index in [-0.39, 0.29) is 17.2 Å². The lowest BCUT2D eigenvalue weighted by molar-refractivity contribution is 0.0944. The molecule has 1 amide bonds. The molecule has 0 spiro atoms. The molecule has 0 saturated carbocycles. The van der Waals surface area contributed by atoms with E-state index in [9.17, 15) is 9.90 Å². The molecule has 3 heteroatoms. The zero-order valence-corrected chi connectivity index (χ0v) is 8.41. The Kier molecular flexibility index (Phi) is 3.51. The van der Waals surface area contributed by atoms with Crippen molar-refractivity contribution < 1.29 is 9.90 Å². The highest BCUT2D eigenvalue weighted by atomic mass is 16.3. The van der Waals surface area contributed by atoms with Crippen LogP contribution >= 0.6 is 0 Å². The van der Waals surface area contributed by atoms with Gasteiger partial charge in [0, 0.05) is 6.54 Å². The number of benzene rings is 1. The summed E-state index contributed by atoms with van der Waals surface area (Å²) in [5.74, 6) is -0.129. The van der Waals surface area contributed by atoms with E-state index in [0.717, 1.165) is 0 Å². The van der Waals surface area contributed by atoms with Crippen LogP contribution in [0, 0.1) is 5.92 Å². The molecular formula is C11H14NO2. The minimum absolute atomic E-state index is 0.216. The molecule has 0 heterocycles. The molecule has 0 aliphatic carbocycles. The fraction of sp³-hybridized carbons (Fsp3) is 0.364. The number of rotatable bonds is 3. The second-order valence-electron chi connectivity index (χ2n) is 3.60. The first-order chi connectivity index (χ1) is 6.61. The van der Waals surface area contributed by atoms with Gasteiger partial charge in [0.1, 0.15) is 0 Å². The number of amides is 1. The van der Waals surface area contributed by atoms with Gasteiger partial charge in [-0.3, -0.25) is 9.90 Å². The van der Waals surface area contributed by atoms with E-state index in [1.54, 1.807) is 12.1 Å². The Morgan fingerprint density at radius 3 is 2.57 bits per heavy atom. The first-order valence-electron chi connectivity index (χ1n) is 4.65. The van der Waals surface area contributed by atoms with Gasteiger partial charge in [0.2, 0.25) is 0 Å². The van der Waals surface area contributed by atoms with E-state index in [2.05, 4.69) is 5.32 Å². The van der Waals surface area contributed by atoms with E-state index in [1.807, 2.05) is 13.8 Å². The lowest BCUT2D eigenvalue weighted by Gasteiger charge is -2.07. The maximum absolute atomic E-state index is 11.5. The van der Waals surface area contributed by atoms with Gasteiger partial charge in [0.05, 0.1) is 5.56 Å². The van der Waals surface area contributed by atoms with Gasteiger partial charge in [-0.25, -0.2) is 0 Å². The average molecular weight is 192 g/mol. The third-order valence-corrected chi connectivity index (χ3v) is 1.80. The van der Waals surface area contributed by atoms with Crippen LogP contribution in [0.15, 0.2) is 24.3 Å². The number of hydrogen-bond acceptors (Lipinski definition) is 1. The molecule has 0 aliphatic heterocycles. The van der Waals surface area contributed by atoms with Crippen molar-refractivity contribution in [2.75, 3.05) is 6.54 Å². The van der Waals surface area contributed by atoms with Gasteiger partial charge >= 0.3 is 0 Å². The molecule has 0 saturated heterocycles. The molecule has 0 atom stereocenters. The van der Waals surface area contributed by atoms with Crippen molar-refractivity contribution >= 4 is 5.91 Å². The predicted octanol–water partition coefficient (Wildman–Crippen LogP) is 2.22. The second-order valence-corrected chi connectivity index (χ2v) is 3.60. The molecule has 1 rings (SSSR count). The van der Waals surface area contributed by atoms with Gasteiger partial charge in [-0.1, -0.05) is 26.0 Å². The highest BCUT2D eigenvalue weighted by Gasteiger charge is 2.10. The summed E-state index contributed by atoms with van der Waals surface area (Å²) >= 11 is 0. The zero-order chi connectivity index (χ0) is 10.6. The molecule has 1 N–H and O–H groups in total. The number of nitrogens with one attached hydrogen (secondary N) is 1. The Balaban J connectivity index is 2.65. The Bertz CT molecular complexity index is 321. The molecule has 14 heavy (non-hydrogen) atoms. The largest absolute Gasteiger partial charge is 0.352 e. The zero-order valence-electron chi connectivity index (χ0n) is 8.41. The van der Waals surface area contributed by atoms with Crippen molar-refractivity contribution in [2.45, 2.75) is 13.8 Å². The summed E-state index contributed by atoms with van der Waals surface area (Å²) in [7, 11) is 0. The van der Waals surface area contributed by atoms with Crippen LogP contribution in [-0.4, -0.2) is 12.5 Å². The molecule has 75 valence electrons. The fourth-order valence-electron chi connectivity index (χ4n) is 1.05. The molecule has 1 radical (unpaired) electrons. The van der Waals surface area contributed by atoms with E-state index < -0.39 is 0 Å². The van der Waals surface area contributed by atoms with Crippen molar-refractivity contribution in [1.29, 1.82) is 0 Å². The SMILES string of the molecule is CC(C)CNC(=O)c1ccccc1[O]. The average Bonchev–Trinajstić information content (AvgIpc) is 2.15. The summed E-state index contributed by atoms with van der Waals surface area (Å²) in [4.78, 5) is 11.5. The number of hydrogen-bond donors (Lipinski definition) is 1. The minimum atomic E-state index is -0.288. The third kappa shape index (κ3) is 2.76. The van der Waals surface area contributed by atoms with Crippen LogP contribution in [0.2, 0.25) is 0 Å². The lowest BCUT2D eigenvalue weighted by Crippen LogP contribution is -2.27. The number of carbonyl (C=O) groups excluding carboxylic acids is 1. The Morgan fingerprint density at radius 2 is 2.00 bits per heavy atom. The lowest BCUT2D eigenvalue weighted by atomic mass is 10.1. The highest BCUT2D eigenvalue weighted by molar-refractivity contribution is 5.96. The van der Waals surface area contributed by atoms with E-state index in [4.69, 9.17) is 0 Å². The van der Waals surface area contributed by atoms with Crippen molar-refractivity contribution in [3.8, 4) is 5.75 Å². The maximum Gasteiger partial charge on any atom is 0.255 e. The number of carbonyl (C=O) groups is 1. The quantitative estimate of drug-likeness (QED) is 0.784. The molecule has 0 bridgehead atoms. The van der Waals surface area contributed by atoms with Crippen molar-refractivity contribution in [3.63, 3.8) is 0 Å². The van der Waals surface area contributed by atoms with Gasteiger partial charge in [-0.15, -0.1) is 0 Å². The topological polar surface area (TPSA) is 49.0 Å². The fourth-order valence-corrected chi connectivity index (χ4v) is 1.05. The van der Waals surface area contributed by atoms with E-state index >= 15 is 0 Å².